The van der Waals surface area contributed by atoms with E-state index in [1.807, 2.05) is 26.0 Å². The number of aryl methyl sites for hydroxylation is 1. The Hall–Kier alpha value is -4.03. The minimum absolute atomic E-state index is 0.108. The lowest BCUT2D eigenvalue weighted by Gasteiger charge is -2.37. The lowest BCUT2D eigenvalue weighted by atomic mass is 9.82. The Balaban J connectivity index is 1.55. The average Bonchev–Trinajstić information content (AvgIpc) is 2.99. The molecule has 1 saturated heterocycles. The van der Waals surface area contributed by atoms with Crippen LogP contribution in [0.25, 0.3) is 22.1 Å². The smallest absolute Gasteiger partial charge is 0.440 e. The molecule has 8 nitrogen and oxygen atoms in total. The van der Waals surface area contributed by atoms with Gasteiger partial charge >= 0.3 is 15.6 Å². The van der Waals surface area contributed by atoms with Crippen LogP contribution < -0.4 is 19.8 Å². The van der Waals surface area contributed by atoms with Crippen molar-refractivity contribution in [1.29, 1.82) is 0 Å². The van der Waals surface area contributed by atoms with Gasteiger partial charge in [0, 0.05) is 29.9 Å². The Morgan fingerprint density at radius 2 is 1.77 bits per heavy atom. The van der Waals surface area contributed by atoms with Crippen molar-refractivity contribution in [1.82, 2.24) is 0 Å². The summed E-state index contributed by atoms with van der Waals surface area (Å²) in [7, 11) is -6.00. The van der Waals surface area contributed by atoms with E-state index in [4.69, 9.17) is 16.0 Å². The average molecular weight is 691 g/mol. The van der Waals surface area contributed by atoms with E-state index in [0.717, 1.165) is 43.1 Å². The summed E-state index contributed by atoms with van der Waals surface area (Å²) in [5.41, 5.74) is -2.21. The first-order chi connectivity index (χ1) is 21.9. The third-order valence-electron chi connectivity index (χ3n) is 8.53. The summed E-state index contributed by atoms with van der Waals surface area (Å²) in [6.45, 7) is 11.5. The predicted octanol–water partition coefficient (Wildman–Crippen LogP) is 8.57. The Morgan fingerprint density at radius 1 is 1.09 bits per heavy atom. The molecule has 13 heteroatoms. The van der Waals surface area contributed by atoms with Crippen molar-refractivity contribution in [2.45, 2.75) is 59.0 Å². The van der Waals surface area contributed by atoms with Crippen LogP contribution in [-0.2, 0) is 10.1 Å². The van der Waals surface area contributed by atoms with Crippen LogP contribution in [0.5, 0.6) is 5.75 Å². The normalized spacial score (nSPS) is 15.8. The number of hydrogen-bond acceptors (Lipinski definition) is 8. The van der Waals surface area contributed by atoms with Gasteiger partial charge in [0.15, 0.2) is 17.5 Å². The summed E-state index contributed by atoms with van der Waals surface area (Å²) in [5, 5.41) is 4.12. The van der Waals surface area contributed by atoms with Crippen molar-refractivity contribution in [2.24, 2.45) is 5.41 Å². The van der Waals surface area contributed by atoms with E-state index >= 15 is 0 Å². The molecule has 3 aromatic carbocycles. The summed E-state index contributed by atoms with van der Waals surface area (Å²) >= 11 is 6.61. The van der Waals surface area contributed by atoms with Crippen LogP contribution in [0, 0.1) is 19.3 Å². The second kappa shape index (κ2) is 12.5. The Bertz CT molecular complexity index is 2030. The van der Waals surface area contributed by atoms with E-state index < -0.39 is 33.0 Å². The molecule has 0 bridgehead atoms. The highest BCUT2D eigenvalue weighted by atomic mass is 35.5. The van der Waals surface area contributed by atoms with Gasteiger partial charge in [0.05, 0.1) is 27.6 Å². The molecule has 0 radical (unpaired) electrons. The number of rotatable bonds is 8. The number of nitrogens with zero attached hydrogens (tertiary/aromatic N) is 1. The molecule has 5 rings (SSSR count). The van der Waals surface area contributed by atoms with Crippen molar-refractivity contribution in [3.05, 3.63) is 86.0 Å². The summed E-state index contributed by atoms with van der Waals surface area (Å²) in [6.07, 6.45) is 2.12. The number of alkyl halides is 3. The zero-order chi connectivity index (χ0) is 34.5. The van der Waals surface area contributed by atoms with E-state index in [1.165, 1.54) is 12.1 Å². The number of fused-ring (bicyclic) bond motifs is 1. The number of anilines is 2. The molecule has 2 heterocycles. The topological polar surface area (TPSA) is 106 Å². The maximum atomic E-state index is 13.7. The van der Waals surface area contributed by atoms with E-state index in [-0.39, 0.29) is 22.2 Å². The molecule has 250 valence electrons. The van der Waals surface area contributed by atoms with Crippen molar-refractivity contribution < 1.29 is 35.0 Å². The van der Waals surface area contributed by atoms with Gasteiger partial charge in [0.1, 0.15) is 5.58 Å². The van der Waals surface area contributed by atoms with Gasteiger partial charge in [-0.15, -0.1) is 0 Å². The summed E-state index contributed by atoms with van der Waals surface area (Å²) in [4.78, 5) is 27.6. The summed E-state index contributed by atoms with van der Waals surface area (Å²) < 4.78 is 72.7. The van der Waals surface area contributed by atoms with E-state index in [0.29, 0.717) is 39.2 Å². The van der Waals surface area contributed by atoms with Gasteiger partial charge < -0.3 is 18.8 Å². The fraction of sp³-hybridized carbons (Fsp3) is 0.353. The van der Waals surface area contributed by atoms with Crippen molar-refractivity contribution >= 4 is 50.5 Å². The van der Waals surface area contributed by atoms with Crippen molar-refractivity contribution in [3.8, 4) is 16.9 Å². The van der Waals surface area contributed by atoms with E-state index in [2.05, 4.69) is 28.2 Å². The number of aldehydes is 1. The van der Waals surface area contributed by atoms with Crippen LogP contribution in [0.1, 0.15) is 66.7 Å². The lowest BCUT2D eigenvalue weighted by molar-refractivity contribution is -0.0500. The second-order valence-electron chi connectivity index (χ2n) is 12.6. The molecule has 4 aromatic rings. The minimum atomic E-state index is -6.00. The first-order valence-corrected chi connectivity index (χ1v) is 16.7. The summed E-state index contributed by atoms with van der Waals surface area (Å²) in [5.74, 6) is -0.226. The number of hydrogen-bond donors (Lipinski definition) is 1. The highest BCUT2D eigenvalue weighted by Crippen LogP contribution is 2.40. The predicted molar refractivity (Wildman–Crippen MR) is 177 cm³/mol. The molecular formula is C34H34ClF3N2O6S. The SMILES string of the molecule is Cc1cc(C(C)Nc2cccc(Cl)c2-c2ccc(OS(=O)(=O)C(F)(F)F)c(C=O)c2)c2oc(N3CCC(C)(C)CC3)c(C)c(=O)c2c1. The molecule has 0 spiro atoms. The zero-order valence-corrected chi connectivity index (χ0v) is 28.0. The first-order valence-electron chi connectivity index (χ1n) is 14.9. The zero-order valence-electron chi connectivity index (χ0n) is 26.4. The largest absolute Gasteiger partial charge is 0.534 e. The molecule has 1 aromatic heterocycles. The van der Waals surface area contributed by atoms with Crippen LogP contribution in [-0.4, -0.2) is 33.3 Å². The van der Waals surface area contributed by atoms with Gasteiger partial charge in [-0.05, 0) is 80.5 Å². The van der Waals surface area contributed by atoms with Crippen molar-refractivity contribution in [2.75, 3.05) is 23.3 Å². The maximum Gasteiger partial charge on any atom is 0.534 e. The quantitative estimate of drug-likeness (QED) is 0.111. The molecule has 0 amide bonds. The number of benzene rings is 3. The van der Waals surface area contributed by atoms with E-state index in [1.54, 1.807) is 25.1 Å². The Kier molecular flexibility index (Phi) is 9.15. The second-order valence-corrected chi connectivity index (χ2v) is 14.6. The highest BCUT2D eigenvalue weighted by Gasteiger charge is 2.48. The first kappa shape index (κ1) is 34.3. The minimum Gasteiger partial charge on any atom is -0.440 e. The van der Waals surface area contributed by atoms with Crippen LogP contribution in [0.2, 0.25) is 5.02 Å². The number of halogens is 4. The van der Waals surface area contributed by atoms with Gasteiger partial charge in [-0.1, -0.05) is 43.6 Å². The molecule has 1 aliphatic rings. The van der Waals surface area contributed by atoms with Crippen LogP contribution in [0.15, 0.2) is 57.7 Å². The molecule has 0 aliphatic carbocycles. The van der Waals surface area contributed by atoms with Crippen LogP contribution in [0.3, 0.4) is 0 Å². The van der Waals surface area contributed by atoms with Crippen molar-refractivity contribution in [3.63, 3.8) is 0 Å². The molecule has 1 unspecified atom stereocenters. The molecule has 1 N–H and O–H groups in total. The number of piperidine rings is 1. The number of carbonyl (C=O) groups is 1. The molecule has 47 heavy (non-hydrogen) atoms. The van der Waals surface area contributed by atoms with Gasteiger partial charge in [-0.25, -0.2) is 0 Å². The highest BCUT2D eigenvalue weighted by molar-refractivity contribution is 7.88. The molecule has 1 atom stereocenters. The van der Waals surface area contributed by atoms with Crippen LogP contribution in [0.4, 0.5) is 24.7 Å². The van der Waals surface area contributed by atoms with E-state index in [9.17, 15) is 31.2 Å². The fourth-order valence-electron chi connectivity index (χ4n) is 5.78. The summed E-state index contributed by atoms with van der Waals surface area (Å²) in [6, 6.07) is 11.8. The maximum absolute atomic E-state index is 13.7. The Labute approximate surface area is 275 Å². The molecule has 1 aliphatic heterocycles. The fourth-order valence-corrected chi connectivity index (χ4v) is 6.55. The molecular weight excluding hydrogens is 657 g/mol. The standard InChI is InChI=1S/C34H34ClF3N2O6S/c1-19-15-24(31-25(16-19)30(42)20(2)32(45-31)40-13-11-33(4,5)12-14-40)21(3)39-27-8-6-7-26(35)29(27)22-9-10-28(23(17-22)18-41)46-47(43,44)34(36,37)38/h6-10,15-18,21,39H,11-14H2,1-5H3. The van der Waals surface area contributed by atoms with Crippen LogP contribution >= 0.6 is 11.6 Å². The molecule has 1 fully saturated rings. The van der Waals surface area contributed by atoms with Gasteiger partial charge in [-0.2, -0.15) is 21.6 Å². The third kappa shape index (κ3) is 6.85. The number of nitrogens with one attached hydrogen (secondary N) is 1. The van der Waals surface area contributed by atoms with Gasteiger partial charge in [-0.3, -0.25) is 9.59 Å². The number of carbonyl (C=O) groups excluding carboxylic acids is 1. The molecule has 0 saturated carbocycles. The Morgan fingerprint density at radius 3 is 2.40 bits per heavy atom. The lowest BCUT2D eigenvalue weighted by Crippen LogP contribution is -2.38. The monoisotopic (exact) mass is 690 g/mol. The van der Waals surface area contributed by atoms with Gasteiger partial charge in [0.2, 0.25) is 5.88 Å². The third-order valence-corrected chi connectivity index (χ3v) is 9.81. The van der Waals surface area contributed by atoms with Gasteiger partial charge in [0.25, 0.3) is 0 Å².